The predicted octanol–water partition coefficient (Wildman–Crippen LogP) is 3.01. The molecule has 26 heavy (non-hydrogen) atoms. The van der Waals surface area contributed by atoms with Gasteiger partial charge in [0, 0.05) is 43.1 Å². The molecule has 0 spiro atoms. The van der Waals surface area contributed by atoms with E-state index in [1.54, 1.807) is 0 Å². The molecular weight excluding hydrogens is 322 g/mol. The molecule has 1 aromatic heterocycles. The Hall–Kier alpha value is -1.85. The minimum atomic E-state index is 0.330. The highest BCUT2D eigenvalue weighted by Crippen LogP contribution is 2.24. The maximum absolute atomic E-state index is 6.33. The van der Waals surface area contributed by atoms with Crippen LogP contribution in [0.3, 0.4) is 0 Å². The summed E-state index contributed by atoms with van der Waals surface area (Å²) in [5.74, 6) is 0. The molecule has 1 aliphatic heterocycles. The largest absolute Gasteiger partial charge is 0.370 e. The first-order valence-electron chi connectivity index (χ1n) is 10.1. The van der Waals surface area contributed by atoms with E-state index in [1.807, 2.05) is 10.9 Å². The standard InChI is InChI=1S/C21H31N5/c1-16-13-23-26(14-16)19-10-8-18(9-11-19)25-12-4-5-17(15-25)24-21-7-3-2-6-20(21)22/h8-11,13-14,17,20-21,24H,2-7,12,15,22H2,1H3. The van der Waals surface area contributed by atoms with Crippen molar-refractivity contribution in [3.63, 3.8) is 0 Å². The van der Waals surface area contributed by atoms with Gasteiger partial charge in [-0.05, 0) is 62.4 Å². The summed E-state index contributed by atoms with van der Waals surface area (Å²) in [4.78, 5) is 2.51. The van der Waals surface area contributed by atoms with E-state index in [2.05, 4.69) is 52.7 Å². The summed E-state index contributed by atoms with van der Waals surface area (Å²) in [6.45, 7) is 4.27. The molecule has 2 fully saturated rings. The van der Waals surface area contributed by atoms with E-state index in [4.69, 9.17) is 5.73 Å². The molecule has 3 atom stereocenters. The lowest BCUT2D eigenvalue weighted by atomic mass is 9.89. The molecule has 2 heterocycles. The summed E-state index contributed by atoms with van der Waals surface area (Å²) in [7, 11) is 0. The van der Waals surface area contributed by atoms with Crippen molar-refractivity contribution in [2.45, 2.75) is 63.6 Å². The Morgan fingerprint density at radius 3 is 2.54 bits per heavy atom. The molecule has 140 valence electrons. The maximum atomic E-state index is 6.33. The number of piperidine rings is 1. The van der Waals surface area contributed by atoms with E-state index in [0.29, 0.717) is 18.1 Å². The molecule has 0 amide bonds. The van der Waals surface area contributed by atoms with Crippen LogP contribution in [0.1, 0.15) is 44.1 Å². The van der Waals surface area contributed by atoms with Crippen molar-refractivity contribution in [2.24, 2.45) is 5.73 Å². The quantitative estimate of drug-likeness (QED) is 0.887. The zero-order valence-electron chi connectivity index (χ0n) is 15.8. The summed E-state index contributed by atoms with van der Waals surface area (Å²) in [5, 5.41) is 8.26. The lowest BCUT2D eigenvalue weighted by Gasteiger charge is -2.39. The van der Waals surface area contributed by atoms with Gasteiger partial charge >= 0.3 is 0 Å². The number of rotatable bonds is 4. The van der Waals surface area contributed by atoms with Crippen LogP contribution in [0.25, 0.3) is 5.69 Å². The van der Waals surface area contributed by atoms with Crippen LogP contribution in [-0.2, 0) is 0 Å². The smallest absolute Gasteiger partial charge is 0.0647 e. The molecule has 2 aliphatic rings. The maximum Gasteiger partial charge on any atom is 0.0647 e. The fourth-order valence-corrected chi connectivity index (χ4v) is 4.39. The second-order valence-corrected chi connectivity index (χ2v) is 7.99. The third-order valence-corrected chi connectivity index (χ3v) is 5.88. The highest BCUT2D eigenvalue weighted by Gasteiger charge is 2.27. The lowest BCUT2D eigenvalue weighted by molar-refractivity contribution is 0.282. The molecule has 3 unspecified atom stereocenters. The van der Waals surface area contributed by atoms with Crippen LogP contribution >= 0.6 is 0 Å². The Morgan fingerprint density at radius 2 is 1.81 bits per heavy atom. The van der Waals surface area contributed by atoms with Crippen LogP contribution in [0, 0.1) is 6.92 Å². The van der Waals surface area contributed by atoms with E-state index < -0.39 is 0 Å². The Kier molecular flexibility index (Phi) is 5.27. The van der Waals surface area contributed by atoms with Crippen molar-refractivity contribution < 1.29 is 0 Å². The van der Waals surface area contributed by atoms with Crippen LogP contribution < -0.4 is 16.0 Å². The summed E-state index contributed by atoms with van der Waals surface area (Å²) in [6.07, 6.45) is 11.4. The third-order valence-electron chi connectivity index (χ3n) is 5.88. The average molecular weight is 354 g/mol. The monoisotopic (exact) mass is 353 g/mol. The van der Waals surface area contributed by atoms with Crippen molar-refractivity contribution >= 4 is 5.69 Å². The van der Waals surface area contributed by atoms with Gasteiger partial charge in [0.05, 0.1) is 11.9 Å². The van der Waals surface area contributed by atoms with E-state index in [0.717, 1.165) is 18.8 Å². The molecule has 1 aromatic carbocycles. The van der Waals surface area contributed by atoms with E-state index >= 15 is 0 Å². The summed E-state index contributed by atoms with van der Waals surface area (Å²) >= 11 is 0. The van der Waals surface area contributed by atoms with E-state index in [-0.39, 0.29) is 0 Å². The number of aromatic nitrogens is 2. The highest BCUT2D eigenvalue weighted by molar-refractivity contribution is 5.51. The summed E-state index contributed by atoms with van der Waals surface area (Å²) < 4.78 is 1.93. The number of anilines is 1. The molecule has 0 bridgehead atoms. The third kappa shape index (κ3) is 3.94. The summed E-state index contributed by atoms with van der Waals surface area (Å²) in [6, 6.07) is 10.1. The van der Waals surface area contributed by atoms with E-state index in [9.17, 15) is 0 Å². The fraction of sp³-hybridized carbons (Fsp3) is 0.571. The van der Waals surface area contributed by atoms with Gasteiger partial charge in [-0.25, -0.2) is 4.68 Å². The second-order valence-electron chi connectivity index (χ2n) is 7.99. The van der Waals surface area contributed by atoms with Gasteiger partial charge in [0.2, 0.25) is 0 Å². The average Bonchev–Trinajstić information content (AvgIpc) is 3.10. The SMILES string of the molecule is Cc1cnn(-c2ccc(N3CCCC(NC4CCCCC4N)C3)cc2)c1. The van der Waals surface area contributed by atoms with Gasteiger partial charge in [-0.2, -0.15) is 5.10 Å². The molecule has 5 nitrogen and oxygen atoms in total. The van der Waals surface area contributed by atoms with Crippen molar-refractivity contribution in [3.05, 3.63) is 42.2 Å². The van der Waals surface area contributed by atoms with Gasteiger partial charge in [-0.3, -0.25) is 0 Å². The first-order chi connectivity index (χ1) is 12.7. The van der Waals surface area contributed by atoms with Gasteiger partial charge < -0.3 is 16.0 Å². The molecular formula is C21H31N5. The van der Waals surface area contributed by atoms with Crippen LogP contribution in [0.2, 0.25) is 0 Å². The number of nitrogens with one attached hydrogen (secondary N) is 1. The van der Waals surface area contributed by atoms with Gasteiger partial charge in [0.15, 0.2) is 0 Å². The Labute approximate surface area is 156 Å². The Balaban J connectivity index is 1.39. The van der Waals surface area contributed by atoms with Crippen LogP contribution in [-0.4, -0.2) is 41.0 Å². The number of hydrogen-bond donors (Lipinski definition) is 2. The van der Waals surface area contributed by atoms with Crippen molar-refractivity contribution in [3.8, 4) is 5.69 Å². The Morgan fingerprint density at radius 1 is 1.04 bits per heavy atom. The molecule has 2 aromatic rings. The second kappa shape index (κ2) is 7.80. The predicted molar refractivity (Wildman–Crippen MR) is 107 cm³/mol. The van der Waals surface area contributed by atoms with Crippen LogP contribution in [0.5, 0.6) is 0 Å². The van der Waals surface area contributed by atoms with Gasteiger partial charge in [-0.15, -0.1) is 0 Å². The van der Waals surface area contributed by atoms with Crippen LogP contribution in [0.15, 0.2) is 36.7 Å². The summed E-state index contributed by atoms with van der Waals surface area (Å²) in [5.41, 5.74) is 9.93. The van der Waals surface area contributed by atoms with Crippen molar-refractivity contribution in [1.82, 2.24) is 15.1 Å². The number of nitrogens with zero attached hydrogens (tertiary/aromatic N) is 3. The zero-order chi connectivity index (χ0) is 17.9. The highest BCUT2D eigenvalue weighted by atomic mass is 15.3. The van der Waals surface area contributed by atoms with Crippen molar-refractivity contribution in [1.29, 1.82) is 0 Å². The molecule has 4 rings (SSSR count). The molecule has 1 aliphatic carbocycles. The Bertz CT molecular complexity index is 707. The number of aryl methyl sites for hydroxylation is 1. The number of benzene rings is 1. The molecule has 1 saturated carbocycles. The normalized spacial score (nSPS) is 26.8. The van der Waals surface area contributed by atoms with Gasteiger partial charge in [-0.1, -0.05) is 12.8 Å². The number of hydrogen-bond acceptors (Lipinski definition) is 4. The van der Waals surface area contributed by atoms with Gasteiger partial charge in [0.1, 0.15) is 0 Å². The van der Waals surface area contributed by atoms with Crippen LogP contribution in [0.4, 0.5) is 5.69 Å². The van der Waals surface area contributed by atoms with Crippen molar-refractivity contribution in [2.75, 3.05) is 18.0 Å². The minimum absolute atomic E-state index is 0.330. The topological polar surface area (TPSA) is 59.1 Å². The fourth-order valence-electron chi connectivity index (χ4n) is 4.39. The molecule has 3 N–H and O–H groups in total. The number of nitrogens with two attached hydrogens (primary N) is 1. The molecule has 5 heteroatoms. The van der Waals surface area contributed by atoms with E-state index in [1.165, 1.54) is 49.8 Å². The first-order valence-corrected chi connectivity index (χ1v) is 10.1. The molecule has 0 radical (unpaired) electrons. The minimum Gasteiger partial charge on any atom is -0.370 e. The lowest BCUT2D eigenvalue weighted by Crippen LogP contribution is -2.55. The van der Waals surface area contributed by atoms with Gasteiger partial charge in [0.25, 0.3) is 0 Å². The molecule has 1 saturated heterocycles. The zero-order valence-corrected chi connectivity index (χ0v) is 15.8. The first kappa shape index (κ1) is 17.6.